The Morgan fingerprint density at radius 3 is 2.44 bits per heavy atom. The molecule has 0 saturated carbocycles. The number of alkyl halides is 1. The third-order valence-corrected chi connectivity index (χ3v) is 10.2. The van der Waals surface area contributed by atoms with Crippen LogP contribution in [0, 0.1) is 24.7 Å². The van der Waals surface area contributed by atoms with Gasteiger partial charge < -0.3 is 30.5 Å². The van der Waals surface area contributed by atoms with E-state index in [-0.39, 0.29) is 24.1 Å². The first-order valence-electron chi connectivity index (χ1n) is 18.2. The molecular formula is C41H52FN5O3. The van der Waals surface area contributed by atoms with Crippen molar-refractivity contribution in [2.45, 2.75) is 83.7 Å². The summed E-state index contributed by atoms with van der Waals surface area (Å²) in [7, 11) is 0. The monoisotopic (exact) mass is 681 g/mol. The lowest BCUT2D eigenvalue weighted by Gasteiger charge is -2.40. The second kappa shape index (κ2) is 15.0. The van der Waals surface area contributed by atoms with Crippen molar-refractivity contribution in [1.82, 2.24) is 20.4 Å². The largest absolute Gasteiger partial charge is 0.444 e. The fraction of sp³-hybridized carbons (Fsp3) is 0.512. The number of fused-ring (bicyclic) bond motifs is 1. The minimum absolute atomic E-state index is 0.0916. The van der Waals surface area contributed by atoms with Gasteiger partial charge in [0.15, 0.2) is 0 Å². The Morgan fingerprint density at radius 2 is 1.74 bits per heavy atom. The number of halogens is 1. The summed E-state index contributed by atoms with van der Waals surface area (Å²) in [6, 6.07) is 18.1. The van der Waals surface area contributed by atoms with Crippen LogP contribution in [0.3, 0.4) is 0 Å². The van der Waals surface area contributed by atoms with Gasteiger partial charge in [-0.15, -0.1) is 0 Å². The van der Waals surface area contributed by atoms with Crippen molar-refractivity contribution in [2.24, 2.45) is 5.92 Å². The molecule has 0 bridgehead atoms. The Bertz CT molecular complexity index is 1760. The van der Waals surface area contributed by atoms with Crippen LogP contribution in [0.4, 0.5) is 14.9 Å². The van der Waals surface area contributed by atoms with Crippen LogP contribution in [0.2, 0.25) is 0 Å². The molecule has 266 valence electrons. The lowest BCUT2D eigenvalue weighted by Crippen LogP contribution is -2.57. The second-order valence-electron chi connectivity index (χ2n) is 15.4. The number of rotatable bonds is 7. The number of nitrogens with one attached hydrogen (secondary N) is 3. The van der Waals surface area contributed by atoms with Crippen molar-refractivity contribution in [2.75, 3.05) is 51.1 Å². The Balaban J connectivity index is 1.07. The summed E-state index contributed by atoms with van der Waals surface area (Å²) < 4.78 is 20.7. The van der Waals surface area contributed by atoms with Crippen molar-refractivity contribution in [1.29, 1.82) is 0 Å². The number of carbonyl (C=O) groups is 2. The minimum Gasteiger partial charge on any atom is -0.444 e. The van der Waals surface area contributed by atoms with Gasteiger partial charge in [0.2, 0.25) is 0 Å². The van der Waals surface area contributed by atoms with Crippen molar-refractivity contribution in [3.8, 4) is 11.8 Å². The van der Waals surface area contributed by atoms with Gasteiger partial charge in [-0.2, -0.15) is 0 Å². The van der Waals surface area contributed by atoms with E-state index < -0.39 is 11.3 Å². The highest BCUT2D eigenvalue weighted by Crippen LogP contribution is 2.30. The van der Waals surface area contributed by atoms with Gasteiger partial charge in [-0.1, -0.05) is 48.2 Å². The van der Waals surface area contributed by atoms with E-state index in [0.717, 1.165) is 72.2 Å². The summed E-state index contributed by atoms with van der Waals surface area (Å²) in [5, 5.41) is 12.1. The quantitative estimate of drug-likeness (QED) is 0.237. The van der Waals surface area contributed by atoms with Crippen LogP contribution in [0.1, 0.15) is 86.5 Å². The first kappa shape index (κ1) is 35.7. The molecule has 3 aliphatic rings. The van der Waals surface area contributed by atoms with Crippen LogP contribution < -0.4 is 16.0 Å². The summed E-state index contributed by atoms with van der Waals surface area (Å²) >= 11 is 0. The predicted molar refractivity (Wildman–Crippen MR) is 198 cm³/mol. The maximum Gasteiger partial charge on any atom is 0.410 e. The van der Waals surface area contributed by atoms with Crippen molar-refractivity contribution >= 4 is 28.5 Å². The van der Waals surface area contributed by atoms with Gasteiger partial charge in [-0.25, -0.2) is 9.18 Å². The van der Waals surface area contributed by atoms with Gasteiger partial charge in [-0.3, -0.25) is 4.79 Å². The fourth-order valence-electron chi connectivity index (χ4n) is 7.25. The third-order valence-electron chi connectivity index (χ3n) is 10.2. The molecule has 1 atom stereocenters. The van der Waals surface area contributed by atoms with Crippen LogP contribution in [-0.2, 0) is 4.74 Å². The molecule has 9 heteroatoms. The maximum atomic E-state index is 15.2. The molecule has 0 spiro atoms. The molecule has 3 heterocycles. The minimum atomic E-state index is -1.06. The predicted octanol–water partition coefficient (Wildman–Crippen LogP) is 6.83. The van der Waals surface area contributed by atoms with Gasteiger partial charge in [0, 0.05) is 42.4 Å². The van der Waals surface area contributed by atoms with Gasteiger partial charge >= 0.3 is 6.09 Å². The van der Waals surface area contributed by atoms with Gasteiger partial charge in [-0.05, 0) is 127 Å². The number of anilines is 1. The SMILES string of the molecule is Cc1ccc(NC2CN(C(=O)OC(C)(C)C)C2)cc1C(=O)N[C@H](C)c1ccc(C#CC2CCN(CC3(F)CCNCC3)CC2)c2ccccc12. The molecule has 3 saturated heterocycles. The lowest BCUT2D eigenvalue weighted by molar-refractivity contribution is 0.0105. The van der Waals surface area contributed by atoms with Gasteiger partial charge in [0.1, 0.15) is 11.3 Å². The number of ether oxygens (including phenoxy) is 1. The van der Waals surface area contributed by atoms with E-state index in [1.807, 2.05) is 65.0 Å². The van der Waals surface area contributed by atoms with Gasteiger partial charge in [0.05, 0.1) is 12.1 Å². The number of hydrogen-bond acceptors (Lipinski definition) is 6. The van der Waals surface area contributed by atoms with E-state index in [0.29, 0.717) is 44.0 Å². The smallest absolute Gasteiger partial charge is 0.410 e. The Hall–Kier alpha value is -4.13. The molecule has 6 rings (SSSR count). The van der Waals surface area contributed by atoms with Crippen LogP contribution in [-0.4, -0.2) is 84.9 Å². The van der Waals surface area contributed by atoms with E-state index in [9.17, 15) is 9.59 Å². The Morgan fingerprint density at radius 1 is 1.04 bits per heavy atom. The summed E-state index contributed by atoms with van der Waals surface area (Å²) in [5.41, 5.74) is 2.78. The number of amides is 2. The molecule has 3 aliphatic heterocycles. The van der Waals surface area contributed by atoms with Crippen LogP contribution in [0.25, 0.3) is 10.8 Å². The number of benzene rings is 3. The summed E-state index contributed by atoms with van der Waals surface area (Å²) in [5.74, 6) is 7.17. The highest BCUT2D eigenvalue weighted by atomic mass is 19.1. The molecule has 0 unspecified atom stereocenters. The average molecular weight is 682 g/mol. The first-order valence-corrected chi connectivity index (χ1v) is 18.2. The molecule has 0 aromatic heterocycles. The molecule has 0 radical (unpaired) electrons. The number of nitrogens with zero attached hydrogens (tertiary/aromatic N) is 2. The molecular weight excluding hydrogens is 629 g/mol. The second-order valence-corrected chi connectivity index (χ2v) is 15.4. The first-order chi connectivity index (χ1) is 23.9. The Kier molecular flexibility index (Phi) is 10.7. The number of likely N-dealkylation sites (tertiary alicyclic amines) is 2. The van der Waals surface area contributed by atoms with Crippen molar-refractivity contribution < 1.29 is 18.7 Å². The normalized spacial score (nSPS) is 19.2. The number of piperidine rings is 2. The topological polar surface area (TPSA) is 85.9 Å². The van der Waals surface area contributed by atoms with E-state index in [1.54, 1.807) is 4.90 Å². The molecule has 3 aromatic carbocycles. The molecule has 3 fully saturated rings. The Labute approximate surface area is 296 Å². The van der Waals surface area contributed by atoms with E-state index in [2.05, 4.69) is 57.0 Å². The van der Waals surface area contributed by atoms with E-state index in [4.69, 9.17) is 4.74 Å². The summed E-state index contributed by atoms with van der Waals surface area (Å²) in [4.78, 5) is 29.9. The molecule has 2 amide bonds. The van der Waals surface area contributed by atoms with Crippen molar-refractivity contribution in [3.63, 3.8) is 0 Å². The van der Waals surface area contributed by atoms with Crippen LogP contribution in [0.5, 0.6) is 0 Å². The van der Waals surface area contributed by atoms with Crippen LogP contribution in [0.15, 0.2) is 54.6 Å². The zero-order valence-corrected chi connectivity index (χ0v) is 30.2. The van der Waals surface area contributed by atoms with E-state index in [1.165, 1.54) is 0 Å². The lowest BCUT2D eigenvalue weighted by atomic mass is 9.91. The van der Waals surface area contributed by atoms with Gasteiger partial charge in [0.25, 0.3) is 5.91 Å². The van der Waals surface area contributed by atoms with Crippen LogP contribution >= 0.6 is 0 Å². The zero-order chi connectivity index (χ0) is 35.5. The standard InChI is InChI=1S/C41H52FN5O3/c1-28-10-14-32(45-33-25-47(26-33)39(49)50-40(3,4)5)24-37(28)38(48)44-29(2)34-15-13-31(35-8-6-7-9-36(34)35)12-11-30-16-22-46(23-17-30)27-41(42)18-20-43-21-19-41/h6-10,13-15,24,29-30,33,43,45H,16-23,25-27H2,1-5H3,(H,44,48)/t29-/m1/s1. The molecule has 8 nitrogen and oxygen atoms in total. The average Bonchev–Trinajstić information content (AvgIpc) is 3.05. The molecule has 3 N–H and O–H groups in total. The highest BCUT2D eigenvalue weighted by Gasteiger charge is 2.35. The number of aryl methyl sites for hydroxylation is 1. The number of hydrogen-bond donors (Lipinski definition) is 3. The molecule has 50 heavy (non-hydrogen) atoms. The highest BCUT2D eigenvalue weighted by molar-refractivity contribution is 5.97. The third kappa shape index (κ3) is 8.77. The molecule has 3 aromatic rings. The van der Waals surface area contributed by atoms with E-state index >= 15 is 4.39 Å². The molecule has 0 aliphatic carbocycles. The zero-order valence-electron chi connectivity index (χ0n) is 30.2. The summed E-state index contributed by atoms with van der Waals surface area (Å²) in [6.07, 6.45) is 2.81. The summed E-state index contributed by atoms with van der Waals surface area (Å²) in [6.45, 7) is 14.5. The maximum absolute atomic E-state index is 15.2. The number of carbonyl (C=O) groups excluding carboxylic acids is 2. The van der Waals surface area contributed by atoms with Crippen molar-refractivity contribution in [3.05, 3.63) is 76.9 Å². The fourth-order valence-corrected chi connectivity index (χ4v) is 7.25.